The summed E-state index contributed by atoms with van der Waals surface area (Å²) in [5.74, 6) is -3.14. The fourth-order valence-electron chi connectivity index (χ4n) is 2.82. The highest BCUT2D eigenvalue weighted by molar-refractivity contribution is 7.91. The van der Waals surface area contributed by atoms with Crippen LogP contribution in [0.1, 0.15) is 21.7 Å². The summed E-state index contributed by atoms with van der Waals surface area (Å²) >= 11 is 0.605. The number of carbonyl (C=O) groups is 1. The number of hydrogen-bond acceptors (Lipinski definition) is 5. The van der Waals surface area contributed by atoms with Crippen LogP contribution in [-0.2, 0) is 14.8 Å². The summed E-state index contributed by atoms with van der Waals surface area (Å²) in [5.41, 5.74) is -2.96. The van der Waals surface area contributed by atoms with Gasteiger partial charge in [0.1, 0.15) is 4.21 Å². The highest BCUT2D eigenvalue weighted by Gasteiger charge is 2.59. The number of hydrogen-bond donors (Lipinski definition) is 2. The largest absolute Gasteiger partial charge is 0.409 e. The summed E-state index contributed by atoms with van der Waals surface area (Å²) in [6.07, 6.45) is -5.46. The Balaban J connectivity index is 1.85. The van der Waals surface area contributed by atoms with Crippen molar-refractivity contribution in [1.82, 2.24) is 4.72 Å². The van der Waals surface area contributed by atoms with Gasteiger partial charge in [0.05, 0.1) is 12.2 Å². The van der Waals surface area contributed by atoms with E-state index in [1.807, 2.05) is 0 Å². The van der Waals surface area contributed by atoms with E-state index in [0.717, 1.165) is 24.3 Å². The van der Waals surface area contributed by atoms with Crippen LogP contribution >= 0.6 is 11.3 Å². The van der Waals surface area contributed by atoms with Crippen LogP contribution in [0.5, 0.6) is 0 Å². The molecular formula is C17H15F5N2O4S2. The molecule has 2 aromatic rings. The van der Waals surface area contributed by atoms with Gasteiger partial charge in [-0.1, -0.05) is 0 Å². The molecule has 1 aliphatic heterocycles. The summed E-state index contributed by atoms with van der Waals surface area (Å²) in [5, 5.41) is 2.28. The molecule has 0 spiro atoms. The molecule has 0 saturated carbocycles. The molecule has 0 radical (unpaired) electrons. The Morgan fingerprint density at radius 2 is 1.90 bits per heavy atom. The standard InChI is InChI=1S/C17H15F5N2O4S2/c1-9-11(15(25)23-10-2-3-12(18)13(19)6-10)7-14(29-9)30(26,27)24-16(17(20,21)22)4-5-28-8-16/h2-3,6-7,24H,4-5,8H2,1H3,(H,23,25). The van der Waals surface area contributed by atoms with E-state index >= 15 is 0 Å². The van der Waals surface area contributed by atoms with Crippen LogP contribution in [0.25, 0.3) is 0 Å². The van der Waals surface area contributed by atoms with E-state index in [0.29, 0.717) is 11.3 Å². The third kappa shape index (κ3) is 4.33. The number of ether oxygens (including phenoxy) is 1. The molecule has 30 heavy (non-hydrogen) atoms. The van der Waals surface area contributed by atoms with E-state index in [-0.39, 0.29) is 22.7 Å². The number of alkyl halides is 3. The predicted molar refractivity (Wildman–Crippen MR) is 97.9 cm³/mol. The second-order valence-electron chi connectivity index (χ2n) is 6.61. The van der Waals surface area contributed by atoms with Crippen LogP contribution in [0.15, 0.2) is 28.5 Å². The van der Waals surface area contributed by atoms with Gasteiger partial charge < -0.3 is 10.1 Å². The molecule has 3 rings (SSSR count). The lowest BCUT2D eigenvalue weighted by Crippen LogP contribution is -2.59. The van der Waals surface area contributed by atoms with E-state index < -0.39 is 56.5 Å². The Labute approximate surface area is 172 Å². The smallest absolute Gasteiger partial charge is 0.379 e. The van der Waals surface area contributed by atoms with Crippen LogP contribution in [0.3, 0.4) is 0 Å². The van der Waals surface area contributed by atoms with Crippen molar-refractivity contribution in [3.05, 3.63) is 46.3 Å². The van der Waals surface area contributed by atoms with Crippen LogP contribution in [0.2, 0.25) is 0 Å². The zero-order valence-corrected chi connectivity index (χ0v) is 16.9. The number of amides is 1. The Hall–Kier alpha value is -2.09. The van der Waals surface area contributed by atoms with Gasteiger partial charge in [-0.25, -0.2) is 17.2 Å². The van der Waals surface area contributed by atoms with Crippen LogP contribution in [-0.4, -0.2) is 39.3 Å². The molecule has 2 heterocycles. The normalized spacial score (nSPS) is 19.8. The lowest BCUT2D eigenvalue weighted by Gasteiger charge is -2.30. The number of thiophene rings is 1. The average molecular weight is 470 g/mol. The van der Waals surface area contributed by atoms with Gasteiger partial charge in [-0.05, 0) is 25.1 Å². The molecule has 1 fully saturated rings. The highest BCUT2D eigenvalue weighted by atomic mass is 32.2. The van der Waals surface area contributed by atoms with E-state index in [1.54, 1.807) is 4.72 Å². The van der Waals surface area contributed by atoms with Gasteiger partial charge >= 0.3 is 6.18 Å². The average Bonchev–Trinajstić information content (AvgIpc) is 3.25. The maximum atomic E-state index is 13.5. The van der Waals surface area contributed by atoms with Crippen molar-refractivity contribution in [3.8, 4) is 0 Å². The number of halogens is 5. The van der Waals surface area contributed by atoms with Crippen molar-refractivity contribution in [3.63, 3.8) is 0 Å². The second-order valence-corrected chi connectivity index (χ2v) is 9.77. The van der Waals surface area contributed by atoms with Gasteiger partial charge in [0.15, 0.2) is 17.2 Å². The third-order valence-corrected chi connectivity index (χ3v) is 7.54. The molecule has 0 bridgehead atoms. The van der Waals surface area contributed by atoms with Crippen LogP contribution in [0.4, 0.5) is 27.6 Å². The summed E-state index contributed by atoms with van der Waals surface area (Å²) < 4.78 is 97.8. The summed E-state index contributed by atoms with van der Waals surface area (Å²) in [6.45, 7) is 0.291. The fourth-order valence-corrected chi connectivity index (χ4v) is 5.66. The molecule has 1 aliphatic rings. The highest BCUT2D eigenvalue weighted by Crippen LogP contribution is 2.39. The van der Waals surface area contributed by atoms with Crippen LogP contribution < -0.4 is 10.0 Å². The number of aryl methyl sites for hydroxylation is 1. The molecule has 1 amide bonds. The monoisotopic (exact) mass is 470 g/mol. The van der Waals surface area contributed by atoms with Crippen LogP contribution in [0, 0.1) is 18.6 Å². The van der Waals surface area contributed by atoms with E-state index in [4.69, 9.17) is 4.74 Å². The van der Waals surface area contributed by atoms with Crippen molar-refractivity contribution >= 4 is 33.0 Å². The number of carbonyl (C=O) groups excluding carboxylic acids is 1. The fraction of sp³-hybridized carbons (Fsp3) is 0.353. The van der Waals surface area contributed by atoms with E-state index in [9.17, 15) is 35.2 Å². The maximum Gasteiger partial charge on any atom is 0.409 e. The number of benzene rings is 1. The van der Waals surface area contributed by atoms with Crippen molar-refractivity contribution in [1.29, 1.82) is 0 Å². The molecule has 1 aromatic carbocycles. The lowest BCUT2D eigenvalue weighted by atomic mass is 10.0. The van der Waals surface area contributed by atoms with Crippen molar-refractivity contribution in [2.75, 3.05) is 18.5 Å². The first-order valence-corrected chi connectivity index (χ1v) is 10.7. The van der Waals surface area contributed by atoms with Crippen molar-refractivity contribution in [2.45, 2.75) is 29.3 Å². The number of rotatable bonds is 5. The predicted octanol–water partition coefficient (Wildman–Crippen LogP) is 3.59. The van der Waals surface area contributed by atoms with Crippen molar-refractivity contribution < 1.29 is 39.9 Å². The lowest BCUT2D eigenvalue weighted by molar-refractivity contribution is -0.189. The number of nitrogens with one attached hydrogen (secondary N) is 2. The van der Waals surface area contributed by atoms with E-state index in [1.165, 1.54) is 6.92 Å². The minimum absolute atomic E-state index is 0.0776. The molecule has 1 atom stereocenters. The molecule has 13 heteroatoms. The molecule has 1 aromatic heterocycles. The Bertz CT molecular complexity index is 1080. The molecule has 0 aliphatic carbocycles. The van der Waals surface area contributed by atoms with Gasteiger partial charge in [0.2, 0.25) is 0 Å². The number of sulfonamides is 1. The molecule has 1 unspecified atom stereocenters. The Morgan fingerprint density at radius 1 is 1.20 bits per heavy atom. The molecule has 164 valence electrons. The minimum atomic E-state index is -4.88. The summed E-state index contributed by atoms with van der Waals surface area (Å²) in [4.78, 5) is 12.6. The summed E-state index contributed by atoms with van der Waals surface area (Å²) in [6, 6.07) is 3.56. The SMILES string of the molecule is Cc1sc(S(=O)(=O)NC2(C(F)(F)F)CCOC2)cc1C(=O)Nc1ccc(F)c(F)c1. The minimum Gasteiger partial charge on any atom is -0.379 e. The summed E-state index contributed by atoms with van der Waals surface area (Å²) in [7, 11) is -4.63. The first-order valence-electron chi connectivity index (χ1n) is 8.40. The first-order chi connectivity index (χ1) is 13.8. The first kappa shape index (κ1) is 22.6. The molecule has 1 saturated heterocycles. The van der Waals surface area contributed by atoms with Gasteiger partial charge in [-0.3, -0.25) is 4.79 Å². The Morgan fingerprint density at radius 3 is 2.47 bits per heavy atom. The number of anilines is 1. The molecule has 2 N–H and O–H groups in total. The molecule has 6 nitrogen and oxygen atoms in total. The van der Waals surface area contributed by atoms with Crippen molar-refractivity contribution in [2.24, 2.45) is 0 Å². The van der Waals surface area contributed by atoms with E-state index in [2.05, 4.69) is 5.32 Å². The van der Waals surface area contributed by atoms with Gasteiger partial charge in [0, 0.05) is 29.7 Å². The Kier molecular flexibility index (Phi) is 5.93. The zero-order valence-electron chi connectivity index (χ0n) is 15.3. The van der Waals surface area contributed by atoms with Gasteiger partial charge in [0.25, 0.3) is 15.9 Å². The second kappa shape index (κ2) is 7.87. The van der Waals surface area contributed by atoms with Gasteiger partial charge in [-0.2, -0.15) is 17.9 Å². The maximum absolute atomic E-state index is 13.5. The quantitative estimate of drug-likeness (QED) is 0.655. The molecular weight excluding hydrogens is 455 g/mol. The topological polar surface area (TPSA) is 84.5 Å². The third-order valence-electron chi connectivity index (χ3n) is 4.48. The zero-order chi connectivity index (χ0) is 22.3. The van der Waals surface area contributed by atoms with Gasteiger partial charge in [-0.15, -0.1) is 11.3 Å².